The molecular formula is C23H24N2O. The summed E-state index contributed by atoms with van der Waals surface area (Å²) in [5.74, 6) is 0. The molecule has 2 aromatic carbocycles. The molecule has 0 aliphatic carbocycles. The van der Waals surface area contributed by atoms with E-state index in [9.17, 15) is 5.11 Å². The summed E-state index contributed by atoms with van der Waals surface area (Å²) in [6.07, 6.45) is 5.78. The maximum Gasteiger partial charge on any atom is 0.0947 e. The fraction of sp³-hybridized carbons (Fsp3) is 0.348. The van der Waals surface area contributed by atoms with Gasteiger partial charge in [0.1, 0.15) is 0 Å². The van der Waals surface area contributed by atoms with Crippen molar-refractivity contribution in [1.29, 1.82) is 0 Å². The van der Waals surface area contributed by atoms with E-state index in [1.54, 1.807) is 0 Å². The molecule has 0 spiro atoms. The topological polar surface area (TPSA) is 36.4 Å². The Morgan fingerprint density at radius 1 is 0.923 bits per heavy atom. The lowest BCUT2D eigenvalue weighted by molar-refractivity contribution is -0.0586. The third-order valence-corrected chi connectivity index (χ3v) is 6.26. The van der Waals surface area contributed by atoms with Crippen LogP contribution >= 0.6 is 0 Å². The van der Waals surface area contributed by atoms with Gasteiger partial charge in [0, 0.05) is 35.8 Å². The number of para-hydroxylation sites is 1. The molecule has 3 heterocycles. The fourth-order valence-corrected chi connectivity index (χ4v) is 5.07. The van der Waals surface area contributed by atoms with Crippen molar-refractivity contribution in [2.75, 3.05) is 0 Å². The molecule has 3 nitrogen and oxygen atoms in total. The van der Waals surface area contributed by atoms with Crippen molar-refractivity contribution >= 4 is 10.9 Å². The molecule has 2 aliphatic rings. The number of rotatable bonds is 3. The van der Waals surface area contributed by atoms with Crippen LogP contribution in [0, 0.1) is 0 Å². The summed E-state index contributed by atoms with van der Waals surface area (Å²) in [6.45, 7) is 0.986. The van der Waals surface area contributed by atoms with E-state index in [0.717, 1.165) is 35.9 Å². The normalized spacial score (nSPS) is 28.5. The zero-order valence-corrected chi connectivity index (χ0v) is 14.9. The zero-order chi connectivity index (χ0) is 17.6. The summed E-state index contributed by atoms with van der Waals surface area (Å²) in [5, 5.41) is 12.7. The first-order valence-electron chi connectivity index (χ1n) is 9.59. The Labute approximate surface area is 154 Å². The summed E-state index contributed by atoms with van der Waals surface area (Å²) >= 11 is 0. The van der Waals surface area contributed by atoms with E-state index >= 15 is 0 Å². The molecule has 3 heteroatoms. The highest BCUT2D eigenvalue weighted by Crippen LogP contribution is 2.47. The van der Waals surface area contributed by atoms with Gasteiger partial charge in [-0.1, -0.05) is 54.6 Å². The lowest BCUT2D eigenvalue weighted by atomic mass is 9.79. The van der Waals surface area contributed by atoms with Gasteiger partial charge in [-0.25, -0.2) is 0 Å². The van der Waals surface area contributed by atoms with Crippen LogP contribution in [0.5, 0.6) is 0 Å². The molecule has 2 fully saturated rings. The average Bonchev–Trinajstić information content (AvgIpc) is 2.92. The van der Waals surface area contributed by atoms with Gasteiger partial charge in [0.2, 0.25) is 0 Å². The predicted octanol–water partition coefficient (Wildman–Crippen LogP) is 4.25. The Hall–Kier alpha value is -2.23. The van der Waals surface area contributed by atoms with Crippen molar-refractivity contribution in [1.82, 2.24) is 9.88 Å². The van der Waals surface area contributed by atoms with Crippen molar-refractivity contribution < 1.29 is 5.11 Å². The minimum Gasteiger partial charge on any atom is -0.385 e. The van der Waals surface area contributed by atoms with Crippen molar-refractivity contribution in [3.05, 3.63) is 78.0 Å². The first-order valence-corrected chi connectivity index (χ1v) is 9.59. The Balaban J connectivity index is 1.46. The lowest BCUT2D eigenvalue weighted by Gasteiger charge is -2.44. The third kappa shape index (κ3) is 2.63. The van der Waals surface area contributed by atoms with Gasteiger partial charge < -0.3 is 5.11 Å². The van der Waals surface area contributed by atoms with Crippen LogP contribution in [-0.2, 0) is 12.1 Å². The highest BCUT2D eigenvalue weighted by Gasteiger charge is 2.48. The van der Waals surface area contributed by atoms with Crippen LogP contribution in [-0.4, -0.2) is 27.1 Å². The van der Waals surface area contributed by atoms with E-state index < -0.39 is 5.60 Å². The van der Waals surface area contributed by atoms with Crippen LogP contribution in [0.2, 0.25) is 0 Å². The number of nitrogens with zero attached hydrogens (tertiary/aromatic N) is 2. The van der Waals surface area contributed by atoms with Crippen LogP contribution < -0.4 is 0 Å². The molecule has 26 heavy (non-hydrogen) atoms. The molecule has 0 radical (unpaired) electrons. The zero-order valence-electron chi connectivity index (χ0n) is 14.9. The molecule has 2 atom stereocenters. The van der Waals surface area contributed by atoms with Gasteiger partial charge in [-0.05, 0) is 37.3 Å². The standard InChI is InChI=1S/C23H24N2O/c26-23(21-10-4-8-18-9-5-13-24-22(18)21)14-19-11-12-20(15-23)25(19)16-17-6-2-1-3-7-17/h1-10,13,19-20,26H,11-12,14-16H2. The number of aromatic nitrogens is 1. The summed E-state index contributed by atoms with van der Waals surface area (Å²) < 4.78 is 0. The molecule has 1 aromatic heterocycles. The second kappa shape index (κ2) is 6.19. The highest BCUT2D eigenvalue weighted by molar-refractivity contribution is 5.82. The molecule has 3 aromatic rings. The molecule has 2 unspecified atom stereocenters. The number of fused-ring (bicyclic) bond motifs is 3. The van der Waals surface area contributed by atoms with Crippen LogP contribution in [0.1, 0.15) is 36.8 Å². The molecule has 2 aliphatic heterocycles. The molecule has 5 rings (SSSR count). The van der Waals surface area contributed by atoms with Crippen LogP contribution in [0.25, 0.3) is 10.9 Å². The van der Waals surface area contributed by atoms with Crippen molar-refractivity contribution in [3.8, 4) is 0 Å². The summed E-state index contributed by atoms with van der Waals surface area (Å²) in [5.41, 5.74) is 2.55. The number of benzene rings is 2. The summed E-state index contributed by atoms with van der Waals surface area (Å²) in [4.78, 5) is 7.20. The highest BCUT2D eigenvalue weighted by atomic mass is 16.3. The van der Waals surface area contributed by atoms with Gasteiger partial charge in [-0.3, -0.25) is 9.88 Å². The van der Waals surface area contributed by atoms with Crippen LogP contribution in [0.4, 0.5) is 0 Å². The van der Waals surface area contributed by atoms with E-state index in [2.05, 4.69) is 64.5 Å². The van der Waals surface area contributed by atoms with Gasteiger partial charge in [-0.15, -0.1) is 0 Å². The SMILES string of the molecule is OC1(c2cccc3cccnc23)CC2CCC(C1)N2Cc1ccccc1. The third-order valence-electron chi connectivity index (χ3n) is 6.26. The van der Waals surface area contributed by atoms with E-state index in [1.807, 2.05) is 12.3 Å². The quantitative estimate of drug-likeness (QED) is 0.772. The van der Waals surface area contributed by atoms with Gasteiger partial charge >= 0.3 is 0 Å². The number of hydrogen-bond acceptors (Lipinski definition) is 3. The Kier molecular flexibility index (Phi) is 3.80. The fourth-order valence-electron chi connectivity index (χ4n) is 5.07. The van der Waals surface area contributed by atoms with Crippen molar-refractivity contribution in [3.63, 3.8) is 0 Å². The maximum absolute atomic E-state index is 11.6. The van der Waals surface area contributed by atoms with Crippen LogP contribution in [0.15, 0.2) is 66.9 Å². The minimum atomic E-state index is -0.771. The molecule has 132 valence electrons. The Morgan fingerprint density at radius 3 is 2.42 bits per heavy atom. The maximum atomic E-state index is 11.6. The average molecular weight is 344 g/mol. The van der Waals surface area contributed by atoms with Gasteiger partial charge in [0.25, 0.3) is 0 Å². The van der Waals surface area contributed by atoms with Crippen molar-refractivity contribution in [2.24, 2.45) is 0 Å². The Morgan fingerprint density at radius 2 is 1.65 bits per heavy atom. The minimum absolute atomic E-state index is 0.443. The number of pyridine rings is 1. The molecule has 2 saturated heterocycles. The second-order valence-corrected chi connectivity index (χ2v) is 7.86. The molecule has 1 N–H and O–H groups in total. The molecule has 0 amide bonds. The number of hydrogen-bond donors (Lipinski definition) is 1. The predicted molar refractivity (Wildman–Crippen MR) is 104 cm³/mol. The van der Waals surface area contributed by atoms with Crippen molar-refractivity contribution in [2.45, 2.75) is 49.9 Å². The van der Waals surface area contributed by atoms with Crippen LogP contribution in [0.3, 0.4) is 0 Å². The summed E-state index contributed by atoms with van der Waals surface area (Å²) in [6, 6.07) is 21.8. The molecular weight excluding hydrogens is 320 g/mol. The molecule has 0 saturated carbocycles. The lowest BCUT2D eigenvalue weighted by Crippen LogP contribution is -2.49. The second-order valence-electron chi connectivity index (χ2n) is 7.86. The van der Waals surface area contributed by atoms with Gasteiger partial charge in [-0.2, -0.15) is 0 Å². The van der Waals surface area contributed by atoms with E-state index in [-0.39, 0.29) is 0 Å². The van der Waals surface area contributed by atoms with Gasteiger partial charge in [0.15, 0.2) is 0 Å². The first-order chi connectivity index (χ1) is 12.7. The molecule has 2 bridgehead atoms. The summed E-state index contributed by atoms with van der Waals surface area (Å²) in [7, 11) is 0. The Bertz CT molecular complexity index is 904. The van der Waals surface area contributed by atoms with E-state index in [4.69, 9.17) is 0 Å². The number of aliphatic hydroxyl groups is 1. The monoisotopic (exact) mass is 344 g/mol. The van der Waals surface area contributed by atoms with E-state index in [0.29, 0.717) is 12.1 Å². The number of piperidine rings is 1. The largest absolute Gasteiger partial charge is 0.385 e. The smallest absolute Gasteiger partial charge is 0.0947 e. The van der Waals surface area contributed by atoms with Gasteiger partial charge in [0.05, 0.1) is 11.1 Å². The first kappa shape index (κ1) is 16.0. The van der Waals surface area contributed by atoms with E-state index in [1.165, 1.54) is 18.4 Å².